The lowest BCUT2D eigenvalue weighted by molar-refractivity contribution is -0.384. The Labute approximate surface area is 135 Å². The summed E-state index contributed by atoms with van der Waals surface area (Å²) < 4.78 is 13.4. The summed E-state index contributed by atoms with van der Waals surface area (Å²) in [5.41, 5.74) is 2.03. The van der Waals surface area contributed by atoms with Gasteiger partial charge in [-0.3, -0.25) is 19.7 Å². The van der Waals surface area contributed by atoms with Crippen LogP contribution in [0.3, 0.4) is 0 Å². The van der Waals surface area contributed by atoms with Gasteiger partial charge in [-0.05, 0) is 12.1 Å². The Morgan fingerprint density at radius 2 is 1.88 bits per heavy atom. The first-order valence-corrected chi connectivity index (χ1v) is 6.61. The topological polar surface area (TPSA) is 114 Å². The molecule has 0 aliphatic heterocycles. The summed E-state index contributed by atoms with van der Waals surface area (Å²) in [6, 6.07) is 10.9. The quantitative estimate of drug-likeness (QED) is 0.385. The van der Waals surface area contributed by atoms with Crippen LogP contribution >= 0.6 is 0 Å². The van der Waals surface area contributed by atoms with E-state index in [9.17, 15) is 24.1 Å². The maximum Gasteiger partial charge on any atom is 0.329 e. The van der Waals surface area contributed by atoms with Gasteiger partial charge in [0.2, 0.25) is 0 Å². The Morgan fingerprint density at radius 1 is 1.12 bits per heavy atom. The van der Waals surface area contributed by atoms with Gasteiger partial charge in [0.15, 0.2) is 0 Å². The SMILES string of the molecule is O=C(N/N=C/c1cccc([N+](=O)[O-])c1)C(=O)Nc1ccccc1F. The first-order valence-electron chi connectivity index (χ1n) is 6.61. The molecular weight excluding hydrogens is 319 g/mol. The van der Waals surface area contributed by atoms with Crippen molar-refractivity contribution in [1.29, 1.82) is 0 Å². The van der Waals surface area contributed by atoms with Gasteiger partial charge in [-0.2, -0.15) is 5.10 Å². The van der Waals surface area contributed by atoms with Gasteiger partial charge in [-0.15, -0.1) is 0 Å². The Morgan fingerprint density at radius 3 is 2.58 bits per heavy atom. The fourth-order valence-electron chi connectivity index (χ4n) is 1.68. The fraction of sp³-hybridized carbons (Fsp3) is 0. The van der Waals surface area contributed by atoms with Crippen molar-refractivity contribution in [3.8, 4) is 0 Å². The number of non-ortho nitro benzene ring substituents is 1. The molecule has 2 amide bonds. The van der Waals surface area contributed by atoms with E-state index in [0.29, 0.717) is 5.56 Å². The van der Waals surface area contributed by atoms with Gasteiger partial charge in [0, 0.05) is 17.7 Å². The zero-order valence-electron chi connectivity index (χ0n) is 12.1. The van der Waals surface area contributed by atoms with E-state index in [1.54, 1.807) is 0 Å². The van der Waals surface area contributed by atoms with Crippen molar-refractivity contribution in [3.63, 3.8) is 0 Å². The van der Waals surface area contributed by atoms with Crippen LogP contribution in [-0.2, 0) is 9.59 Å². The van der Waals surface area contributed by atoms with Crippen LogP contribution in [-0.4, -0.2) is 23.0 Å². The van der Waals surface area contributed by atoms with Crippen LogP contribution in [0.15, 0.2) is 53.6 Å². The fourth-order valence-corrected chi connectivity index (χ4v) is 1.68. The molecule has 24 heavy (non-hydrogen) atoms. The standard InChI is InChI=1S/C15H11FN4O4/c16-12-6-1-2-7-13(12)18-14(21)15(22)19-17-9-10-4-3-5-11(8-10)20(23)24/h1-9H,(H,18,21)(H,19,22)/b17-9+. The number of nitro benzene ring substituents is 1. The Kier molecular flexibility index (Phi) is 5.29. The highest BCUT2D eigenvalue weighted by atomic mass is 19.1. The number of hydrogen-bond donors (Lipinski definition) is 2. The summed E-state index contributed by atoms with van der Waals surface area (Å²) in [5, 5.41) is 16.3. The second kappa shape index (κ2) is 7.58. The number of carbonyl (C=O) groups is 2. The molecule has 2 aromatic carbocycles. The van der Waals surface area contributed by atoms with E-state index in [1.165, 1.54) is 42.5 Å². The molecule has 0 atom stereocenters. The number of hydrazone groups is 1. The predicted molar refractivity (Wildman–Crippen MR) is 83.9 cm³/mol. The monoisotopic (exact) mass is 330 g/mol. The average Bonchev–Trinajstić information content (AvgIpc) is 2.57. The summed E-state index contributed by atoms with van der Waals surface area (Å²) in [6.45, 7) is 0. The second-order valence-corrected chi connectivity index (χ2v) is 4.49. The van der Waals surface area contributed by atoms with Gasteiger partial charge in [0.25, 0.3) is 5.69 Å². The summed E-state index contributed by atoms with van der Waals surface area (Å²) in [7, 11) is 0. The Bertz CT molecular complexity index is 823. The Balaban J connectivity index is 1.95. The molecule has 0 fully saturated rings. The molecule has 2 rings (SSSR count). The molecule has 8 nitrogen and oxygen atoms in total. The van der Waals surface area contributed by atoms with Crippen LogP contribution in [0.5, 0.6) is 0 Å². The number of nitrogens with one attached hydrogen (secondary N) is 2. The molecule has 122 valence electrons. The molecule has 0 spiro atoms. The maximum atomic E-state index is 13.4. The molecule has 0 radical (unpaired) electrons. The molecule has 0 heterocycles. The van der Waals surface area contributed by atoms with Crippen molar-refractivity contribution in [2.75, 3.05) is 5.32 Å². The lowest BCUT2D eigenvalue weighted by Crippen LogP contribution is -2.32. The molecular formula is C15H11FN4O4. The number of carbonyl (C=O) groups excluding carboxylic acids is 2. The third kappa shape index (κ3) is 4.44. The molecule has 0 aliphatic carbocycles. The number of nitro groups is 1. The predicted octanol–water partition coefficient (Wildman–Crippen LogP) is 1.82. The number of para-hydroxylation sites is 1. The van der Waals surface area contributed by atoms with Crippen molar-refractivity contribution in [2.45, 2.75) is 0 Å². The number of anilines is 1. The van der Waals surface area contributed by atoms with Crippen LogP contribution < -0.4 is 10.7 Å². The van der Waals surface area contributed by atoms with Gasteiger partial charge < -0.3 is 5.32 Å². The normalized spacial score (nSPS) is 10.4. The summed E-state index contributed by atoms with van der Waals surface area (Å²) in [5.74, 6) is -2.89. The minimum atomic E-state index is -1.11. The molecule has 0 aromatic heterocycles. The van der Waals surface area contributed by atoms with E-state index >= 15 is 0 Å². The van der Waals surface area contributed by atoms with E-state index in [4.69, 9.17) is 0 Å². The highest BCUT2D eigenvalue weighted by Gasteiger charge is 2.14. The Hall–Kier alpha value is -3.62. The lowest BCUT2D eigenvalue weighted by atomic mass is 10.2. The molecule has 0 saturated carbocycles. The van der Waals surface area contributed by atoms with Crippen molar-refractivity contribution in [1.82, 2.24) is 5.43 Å². The van der Waals surface area contributed by atoms with Gasteiger partial charge in [0.05, 0.1) is 16.8 Å². The van der Waals surface area contributed by atoms with Gasteiger partial charge in [-0.25, -0.2) is 9.82 Å². The lowest BCUT2D eigenvalue weighted by Gasteiger charge is -2.04. The van der Waals surface area contributed by atoms with Crippen LogP contribution in [0.1, 0.15) is 5.56 Å². The number of benzene rings is 2. The maximum absolute atomic E-state index is 13.4. The summed E-state index contributed by atoms with van der Waals surface area (Å²) >= 11 is 0. The number of hydrogen-bond acceptors (Lipinski definition) is 5. The average molecular weight is 330 g/mol. The van der Waals surface area contributed by atoms with Crippen LogP contribution in [0, 0.1) is 15.9 Å². The van der Waals surface area contributed by atoms with Crippen LogP contribution in [0.2, 0.25) is 0 Å². The summed E-state index contributed by atoms with van der Waals surface area (Å²) in [4.78, 5) is 33.2. The molecule has 0 aliphatic rings. The van der Waals surface area contributed by atoms with E-state index < -0.39 is 22.6 Å². The van der Waals surface area contributed by atoms with E-state index in [-0.39, 0.29) is 11.4 Å². The molecule has 0 saturated heterocycles. The first-order chi connectivity index (χ1) is 11.5. The number of halogens is 1. The number of rotatable bonds is 4. The third-order valence-electron chi connectivity index (χ3n) is 2.79. The van der Waals surface area contributed by atoms with E-state index in [2.05, 4.69) is 10.4 Å². The molecule has 9 heteroatoms. The highest BCUT2D eigenvalue weighted by molar-refractivity contribution is 6.39. The molecule has 2 N–H and O–H groups in total. The highest BCUT2D eigenvalue weighted by Crippen LogP contribution is 2.12. The zero-order chi connectivity index (χ0) is 17.5. The van der Waals surface area contributed by atoms with Crippen molar-refractivity contribution >= 4 is 29.4 Å². The molecule has 2 aromatic rings. The minimum absolute atomic E-state index is 0.137. The van der Waals surface area contributed by atoms with Crippen molar-refractivity contribution in [3.05, 3.63) is 70.0 Å². The van der Waals surface area contributed by atoms with Gasteiger partial charge in [-0.1, -0.05) is 24.3 Å². The second-order valence-electron chi connectivity index (χ2n) is 4.49. The van der Waals surface area contributed by atoms with Gasteiger partial charge >= 0.3 is 11.8 Å². The molecule has 0 unspecified atom stereocenters. The van der Waals surface area contributed by atoms with Crippen molar-refractivity contribution in [2.24, 2.45) is 5.10 Å². The zero-order valence-corrected chi connectivity index (χ0v) is 12.1. The summed E-state index contributed by atoms with van der Waals surface area (Å²) in [6.07, 6.45) is 1.14. The third-order valence-corrected chi connectivity index (χ3v) is 2.79. The van der Waals surface area contributed by atoms with Crippen molar-refractivity contribution < 1.29 is 18.9 Å². The first kappa shape index (κ1) is 16.7. The van der Waals surface area contributed by atoms with E-state index in [1.807, 2.05) is 5.43 Å². The van der Waals surface area contributed by atoms with E-state index in [0.717, 1.165) is 12.3 Å². The number of amides is 2. The van der Waals surface area contributed by atoms with Crippen LogP contribution in [0.4, 0.5) is 15.8 Å². The molecule has 0 bridgehead atoms. The number of nitrogens with zero attached hydrogens (tertiary/aromatic N) is 2. The minimum Gasteiger partial charge on any atom is -0.315 e. The van der Waals surface area contributed by atoms with Gasteiger partial charge in [0.1, 0.15) is 5.82 Å². The van der Waals surface area contributed by atoms with Crippen LogP contribution in [0.25, 0.3) is 0 Å². The largest absolute Gasteiger partial charge is 0.329 e. The smallest absolute Gasteiger partial charge is 0.315 e.